The summed E-state index contributed by atoms with van der Waals surface area (Å²) in [5, 5.41) is 1.26. The van der Waals surface area contributed by atoms with E-state index in [9.17, 15) is 4.79 Å². The number of amides is 1. The fourth-order valence-corrected chi connectivity index (χ4v) is 4.79. The highest BCUT2D eigenvalue weighted by atomic mass is 35.5. The summed E-state index contributed by atoms with van der Waals surface area (Å²) in [6, 6.07) is 5.59. The lowest BCUT2D eigenvalue weighted by Crippen LogP contribution is -2.51. The number of hydrogen-bond donors (Lipinski definition) is 0. The van der Waals surface area contributed by atoms with Gasteiger partial charge in [0.05, 0.1) is 12.5 Å². The number of rotatable bonds is 5. The largest absolute Gasteiger partial charge is 0.381 e. The first-order valence-electron chi connectivity index (χ1n) is 11.3. The van der Waals surface area contributed by atoms with E-state index in [-0.39, 0.29) is 17.7 Å². The SMILES string of the molecule is Cc1nc(C(C)C)nc(N2CCN(C(=O)[C@@H]3CCOC3)CC2)c1Cc1ccc(Cl)cc1Cl. The van der Waals surface area contributed by atoms with Gasteiger partial charge in [-0.2, -0.15) is 0 Å². The lowest BCUT2D eigenvalue weighted by atomic mass is 10.0. The zero-order valence-corrected chi connectivity index (χ0v) is 20.4. The molecule has 1 atom stereocenters. The van der Waals surface area contributed by atoms with Crippen LogP contribution in [0.3, 0.4) is 0 Å². The third-order valence-electron chi connectivity index (χ3n) is 6.28. The minimum absolute atomic E-state index is 0.0120. The second kappa shape index (κ2) is 9.94. The fraction of sp³-hybridized carbons (Fsp3) is 0.542. The molecule has 0 saturated carbocycles. The van der Waals surface area contributed by atoms with Crippen LogP contribution in [0, 0.1) is 12.8 Å². The van der Waals surface area contributed by atoms with Gasteiger partial charge in [0.15, 0.2) is 0 Å². The Morgan fingerprint density at radius 3 is 2.56 bits per heavy atom. The molecule has 1 aromatic carbocycles. The molecule has 172 valence electrons. The molecule has 0 N–H and O–H groups in total. The maximum atomic E-state index is 12.8. The Morgan fingerprint density at radius 2 is 1.94 bits per heavy atom. The summed E-state index contributed by atoms with van der Waals surface area (Å²) >= 11 is 12.6. The Labute approximate surface area is 199 Å². The number of ether oxygens (including phenoxy) is 1. The number of carbonyl (C=O) groups is 1. The first-order chi connectivity index (χ1) is 15.3. The van der Waals surface area contributed by atoms with Crippen molar-refractivity contribution in [3.05, 3.63) is 50.9 Å². The summed E-state index contributed by atoms with van der Waals surface area (Å²) in [7, 11) is 0. The van der Waals surface area contributed by atoms with Gasteiger partial charge in [-0.25, -0.2) is 9.97 Å². The van der Waals surface area contributed by atoms with E-state index in [4.69, 9.17) is 37.9 Å². The van der Waals surface area contributed by atoms with Crippen molar-refractivity contribution in [3.63, 3.8) is 0 Å². The van der Waals surface area contributed by atoms with Crippen LogP contribution < -0.4 is 4.90 Å². The van der Waals surface area contributed by atoms with Crippen LogP contribution in [0.2, 0.25) is 10.0 Å². The third-order valence-corrected chi connectivity index (χ3v) is 6.86. The maximum Gasteiger partial charge on any atom is 0.228 e. The lowest BCUT2D eigenvalue weighted by molar-refractivity contribution is -0.135. The minimum atomic E-state index is 0.0120. The second-order valence-corrected chi connectivity index (χ2v) is 9.75. The number of hydrogen-bond acceptors (Lipinski definition) is 5. The van der Waals surface area contributed by atoms with Crippen molar-refractivity contribution in [1.82, 2.24) is 14.9 Å². The molecule has 6 nitrogen and oxygen atoms in total. The molecule has 2 fully saturated rings. The van der Waals surface area contributed by atoms with E-state index >= 15 is 0 Å². The second-order valence-electron chi connectivity index (χ2n) is 8.91. The van der Waals surface area contributed by atoms with E-state index in [0.29, 0.717) is 42.8 Å². The normalized spacial score (nSPS) is 19.1. The van der Waals surface area contributed by atoms with E-state index < -0.39 is 0 Å². The van der Waals surface area contributed by atoms with Gasteiger partial charge >= 0.3 is 0 Å². The minimum Gasteiger partial charge on any atom is -0.381 e. The number of halogens is 2. The van der Waals surface area contributed by atoms with Crippen LogP contribution in [0.4, 0.5) is 5.82 Å². The average Bonchev–Trinajstić information content (AvgIpc) is 3.31. The Hall–Kier alpha value is -1.89. The molecular weight excluding hydrogens is 447 g/mol. The predicted molar refractivity (Wildman–Crippen MR) is 128 cm³/mol. The lowest BCUT2D eigenvalue weighted by Gasteiger charge is -2.37. The standard InChI is InChI=1S/C24H30Cl2N4O2/c1-15(2)22-27-16(3)20(12-17-4-5-19(25)13-21(17)26)23(28-22)29-7-9-30(10-8-29)24(31)18-6-11-32-14-18/h4-5,13,15,18H,6-12,14H2,1-3H3/t18-/m1/s1. The Bertz CT molecular complexity index is 984. The highest BCUT2D eigenvalue weighted by Crippen LogP contribution is 2.30. The maximum absolute atomic E-state index is 12.8. The molecule has 0 bridgehead atoms. The van der Waals surface area contributed by atoms with Gasteiger partial charge in [0.1, 0.15) is 11.6 Å². The van der Waals surface area contributed by atoms with Crippen LogP contribution in [-0.2, 0) is 16.0 Å². The van der Waals surface area contributed by atoms with E-state index in [1.165, 1.54) is 0 Å². The van der Waals surface area contributed by atoms with Crippen molar-refractivity contribution in [2.75, 3.05) is 44.3 Å². The fourth-order valence-electron chi connectivity index (χ4n) is 4.31. The molecular formula is C24H30Cl2N4O2. The topological polar surface area (TPSA) is 58.6 Å². The molecule has 0 unspecified atom stereocenters. The molecule has 3 heterocycles. The van der Waals surface area contributed by atoms with Crippen LogP contribution in [0.5, 0.6) is 0 Å². The molecule has 8 heteroatoms. The molecule has 4 rings (SSSR count). The summed E-state index contributed by atoms with van der Waals surface area (Å²) in [5.41, 5.74) is 3.03. The van der Waals surface area contributed by atoms with Crippen molar-refractivity contribution < 1.29 is 9.53 Å². The van der Waals surface area contributed by atoms with Crippen molar-refractivity contribution in [1.29, 1.82) is 0 Å². The number of piperazine rings is 1. The molecule has 32 heavy (non-hydrogen) atoms. The van der Waals surface area contributed by atoms with E-state index in [2.05, 4.69) is 18.7 Å². The van der Waals surface area contributed by atoms with Crippen molar-refractivity contribution in [2.45, 2.75) is 39.5 Å². The van der Waals surface area contributed by atoms with Crippen molar-refractivity contribution in [3.8, 4) is 0 Å². The molecule has 0 spiro atoms. The van der Waals surface area contributed by atoms with Gasteiger partial charge in [-0.15, -0.1) is 0 Å². The molecule has 1 amide bonds. The average molecular weight is 477 g/mol. The molecule has 0 radical (unpaired) electrons. The molecule has 2 aromatic rings. The summed E-state index contributed by atoms with van der Waals surface area (Å²) in [6.45, 7) is 10.4. The summed E-state index contributed by atoms with van der Waals surface area (Å²) < 4.78 is 5.40. The molecule has 1 aromatic heterocycles. The van der Waals surface area contributed by atoms with E-state index in [0.717, 1.165) is 48.0 Å². The third kappa shape index (κ3) is 5.03. The quantitative estimate of drug-likeness (QED) is 0.635. The van der Waals surface area contributed by atoms with Crippen LogP contribution >= 0.6 is 23.2 Å². The smallest absolute Gasteiger partial charge is 0.228 e. The number of carbonyl (C=O) groups excluding carboxylic acids is 1. The van der Waals surface area contributed by atoms with Crippen molar-refractivity contribution >= 4 is 34.9 Å². The van der Waals surface area contributed by atoms with Gasteiger partial charge in [-0.05, 0) is 31.0 Å². The van der Waals surface area contributed by atoms with Crippen molar-refractivity contribution in [2.24, 2.45) is 5.92 Å². The zero-order chi connectivity index (χ0) is 22.8. The number of aromatic nitrogens is 2. The summed E-state index contributed by atoms with van der Waals surface area (Å²) in [4.78, 5) is 26.8. The number of benzene rings is 1. The summed E-state index contributed by atoms with van der Waals surface area (Å²) in [5.74, 6) is 2.24. The summed E-state index contributed by atoms with van der Waals surface area (Å²) in [6.07, 6.45) is 1.46. The monoisotopic (exact) mass is 476 g/mol. The Morgan fingerprint density at radius 1 is 1.19 bits per heavy atom. The van der Waals surface area contributed by atoms with Gasteiger partial charge in [-0.3, -0.25) is 4.79 Å². The number of aryl methyl sites for hydroxylation is 1. The van der Waals surface area contributed by atoms with Gasteiger partial charge in [0.25, 0.3) is 0 Å². The highest BCUT2D eigenvalue weighted by Gasteiger charge is 2.31. The molecule has 0 aliphatic carbocycles. The Kier molecular flexibility index (Phi) is 7.23. The first kappa shape index (κ1) is 23.3. The van der Waals surface area contributed by atoms with E-state index in [1.54, 1.807) is 6.07 Å². The van der Waals surface area contributed by atoms with Gasteiger partial charge in [-0.1, -0.05) is 43.1 Å². The first-order valence-corrected chi connectivity index (χ1v) is 12.0. The van der Waals surface area contributed by atoms with Crippen LogP contribution in [-0.4, -0.2) is 60.2 Å². The highest BCUT2D eigenvalue weighted by molar-refractivity contribution is 6.35. The van der Waals surface area contributed by atoms with Gasteiger partial charge in [0.2, 0.25) is 5.91 Å². The predicted octanol–water partition coefficient (Wildman–Crippen LogP) is 4.49. The molecule has 2 saturated heterocycles. The number of nitrogens with zero attached hydrogens (tertiary/aromatic N) is 4. The van der Waals surface area contributed by atoms with Gasteiger partial charge in [0, 0.05) is 66.4 Å². The van der Waals surface area contributed by atoms with Crippen LogP contribution in [0.1, 0.15) is 48.8 Å². The van der Waals surface area contributed by atoms with Crippen LogP contribution in [0.25, 0.3) is 0 Å². The zero-order valence-electron chi connectivity index (χ0n) is 18.9. The van der Waals surface area contributed by atoms with E-state index in [1.807, 2.05) is 24.0 Å². The van der Waals surface area contributed by atoms with Gasteiger partial charge < -0.3 is 14.5 Å². The number of anilines is 1. The van der Waals surface area contributed by atoms with Crippen LogP contribution in [0.15, 0.2) is 18.2 Å². The molecule has 2 aliphatic heterocycles. The Balaban J connectivity index is 1.58. The molecule has 2 aliphatic rings.